The summed E-state index contributed by atoms with van der Waals surface area (Å²) in [5.41, 5.74) is 7.98. The first-order chi connectivity index (χ1) is 10.1. The van der Waals surface area contributed by atoms with Crippen LogP contribution < -0.4 is 11.1 Å². The number of amides is 1. The topological polar surface area (TPSA) is 58.4 Å². The van der Waals surface area contributed by atoms with Crippen LogP contribution in [0.25, 0.3) is 0 Å². The van der Waals surface area contributed by atoms with Crippen LogP contribution >= 0.6 is 12.2 Å². The number of nitrogens with zero attached hydrogens (tertiary/aromatic N) is 1. The molecule has 3 rings (SSSR count). The summed E-state index contributed by atoms with van der Waals surface area (Å²) in [6.07, 6.45) is 2.70. The van der Waals surface area contributed by atoms with Crippen LogP contribution in [0.15, 0.2) is 24.3 Å². The molecule has 2 aliphatic heterocycles. The van der Waals surface area contributed by atoms with Gasteiger partial charge in [-0.2, -0.15) is 0 Å². The predicted octanol–water partition coefficient (Wildman–Crippen LogP) is 1.42. The number of piperidine rings is 2. The van der Waals surface area contributed by atoms with Gasteiger partial charge in [0.2, 0.25) is 5.91 Å². The predicted molar refractivity (Wildman–Crippen MR) is 86.9 cm³/mol. The summed E-state index contributed by atoms with van der Waals surface area (Å²) in [5.74, 6) is 0.789. The number of likely N-dealkylation sites (tertiary alicyclic amines) is 1. The Morgan fingerprint density at radius 1 is 1.38 bits per heavy atom. The summed E-state index contributed by atoms with van der Waals surface area (Å²) >= 11 is 5.13. The van der Waals surface area contributed by atoms with E-state index in [1.165, 1.54) is 5.56 Å². The summed E-state index contributed by atoms with van der Waals surface area (Å²) in [5, 5.41) is 3.13. The van der Waals surface area contributed by atoms with Crippen molar-refractivity contribution in [2.24, 2.45) is 11.7 Å². The van der Waals surface area contributed by atoms with Crippen LogP contribution in [0.2, 0.25) is 0 Å². The Bertz CT molecular complexity index is 560. The third-order valence-electron chi connectivity index (χ3n) is 4.58. The Balaban J connectivity index is 1.67. The van der Waals surface area contributed by atoms with E-state index in [0.717, 1.165) is 38.0 Å². The largest absolute Gasteiger partial charge is 0.389 e. The average molecular weight is 303 g/mol. The van der Waals surface area contributed by atoms with Crippen LogP contribution in [-0.2, 0) is 11.3 Å². The van der Waals surface area contributed by atoms with E-state index in [0.29, 0.717) is 23.4 Å². The minimum absolute atomic E-state index is 0.212. The monoisotopic (exact) mass is 303 g/mol. The zero-order chi connectivity index (χ0) is 14.8. The lowest BCUT2D eigenvalue weighted by atomic mass is 9.85. The first kappa shape index (κ1) is 14.5. The van der Waals surface area contributed by atoms with E-state index in [9.17, 15) is 4.79 Å². The molecule has 2 saturated heterocycles. The van der Waals surface area contributed by atoms with Gasteiger partial charge in [0, 0.05) is 37.7 Å². The molecule has 0 aromatic heterocycles. The van der Waals surface area contributed by atoms with Gasteiger partial charge in [0.15, 0.2) is 0 Å². The van der Waals surface area contributed by atoms with E-state index in [2.05, 4.69) is 16.3 Å². The van der Waals surface area contributed by atoms with E-state index >= 15 is 0 Å². The third kappa shape index (κ3) is 3.24. The second-order valence-corrected chi connectivity index (χ2v) is 6.46. The highest BCUT2D eigenvalue weighted by Gasteiger charge is 2.33. The number of fused-ring (bicyclic) bond motifs is 1. The summed E-state index contributed by atoms with van der Waals surface area (Å²) in [4.78, 5) is 14.4. The van der Waals surface area contributed by atoms with Gasteiger partial charge in [-0.3, -0.25) is 9.69 Å². The van der Waals surface area contributed by atoms with Crippen molar-refractivity contribution in [2.45, 2.75) is 31.8 Å². The van der Waals surface area contributed by atoms with Gasteiger partial charge in [0.25, 0.3) is 0 Å². The van der Waals surface area contributed by atoms with Gasteiger partial charge in [-0.05, 0) is 24.3 Å². The first-order valence-electron chi connectivity index (χ1n) is 7.53. The number of benzene rings is 1. The molecular formula is C16H21N3OS. The number of hydrogen-bond donors (Lipinski definition) is 2. The number of carbonyl (C=O) groups excluding carboxylic acids is 1. The molecule has 1 amide bonds. The molecule has 5 heteroatoms. The molecule has 4 nitrogen and oxygen atoms in total. The molecule has 2 heterocycles. The molecule has 2 atom stereocenters. The quantitative estimate of drug-likeness (QED) is 0.829. The zero-order valence-electron chi connectivity index (χ0n) is 12.0. The molecule has 2 unspecified atom stereocenters. The molecule has 0 bridgehead atoms. The molecule has 0 spiro atoms. The fourth-order valence-corrected chi connectivity index (χ4v) is 3.67. The molecular weight excluding hydrogens is 282 g/mol. The Hall–Kier alpha value is -1.46. The highest BCUT2D eigenvalue weighted by Crippen LogP contribution is 2.26. The molecule has 112 valence electrons. The van der Waals surface area contributed by atoms with E-state index in [-0.39, 0.29) is 5.91 Å². The van der Waals surface area contributed by atoms with Gasteiger partial charge < -0.3 is 11.1 Å². The number of thiocarbonyl (C=S) groups is 1. The van der Waals surface area contributed by atoms with Crippen LogP contribution in [0.1, 0.15) is 30.4 Å². The number of carbonyl (C=O) groups is 1. The van der Waals surface area contributed by atoms with Gasteiger partial charge in [0.1, 0.15) is 4.99 Å². The number of nitrogens with one attached hydrogen (secondary N) is 1. The SMILES string of the molecule is NC(=S)c1ccccc1CN1CCC2NC(=O)CCC2C1. The van der Waals surface area contributed by atoms with E-state index in [1.807, 2.05) is 18.2 Å². The maximum Gasteiger partial charge on any atom is 0.220 e. The van der Waals surface area contributed by atoms with Gasteiger partial charge in [-0.15, -0.1) is 0 Å². The van der Waals surface area contributed by atoms with Crippen LogP contribution in [-0.4, -0.2) is 34.9 Å². The fraction of sp³-hybridized carbons (Fsp3) is 0.500. The first-order valence-corrected chi connectivity index (χ1v) is 7.94. The molecule has 2 aliphatic rings. The number of nitrogens with two attached hydrogens (primary N) is 1. The smallest absolute Gasteiger partial charge is 0.220 e. The van der Waals surface area contributed by atoms with E-state index < -0.39 is 0 Å². The minimum atomic E-state index is 0.212. The Labute approximate surface area is 130 Å². The summed E-state index contributed by atoms with van der Waals surface area (Å²) < 4.78 is 0. The highest BCUT2D eigenvalue weighted by atomic mass is 32.1. The second kappa shape index (κ2) is 6.12. The number of hydrogen-bond acceptors (Lipinski definition) is 3. The Kier molecular flexibility index (Phi) is 4.22. The molecule has 0 radical (unpaired) electrons. The minimum Gasteiger partial charge on any atom is -0.389 e. The van der Waals surface area contributed by atoms with E-state index in [4.69, 9.17) is 18.0 Å². The molecule has 1 aromatic rings. The van der Waals surface area contributed by atoms with Crippen molar-refractivity contribution in [3.63, 3.8) is 0 Å². The lowest BCUT2D eigenvalue weighted by Gasteiger charge is -2.41. The van der Waals surface area contributed by atoms with Gasteiger partial charge in [-0.25, -0.2) is 0 Å². The second-order valence-electron chi connectivity index (χ2n) is 6.02. The molecule has 2 fully saturated rings. The Morgan fingerprint density at radius 2 is 2.19 bits per heavy atom. The number of rotatable bonds is 3. The van der Waals surface area contributed by atoms with Crippen molar-refractivity contribution in [2.75, 3.05) is 13.1 Å². The van der Waals surface area contributed by atoms with Crippen LogP contribution in [0.4, 0.5) is 0 Å². The molecule has 1 aromatic carbocycles. The van der Waals surface area contributed by atoms with Crippen LogP contribution in [0.3, 0.4) is 0 Å². The maximum atomic E-state index is 11.5. The fourth-order valence-electron chi connectivity index (χ4n) is 3.47. The van der Waals surface area contributed by atoms with Crippen molar-refractivity contribution < 1.29 is 4.79 Å². The Morgan fingerprint density at radius 3 is 3.00 bits per heavy atom. The van der Waals surface area contributed by atoms with Crippen molar-refractivity contribution in [1.82, 2.24) is 10.2 Å². The van der Waals surface area contributed by atoms with Crippen molar-refractivity contribution in [1.29, 1.82) is 0 Å². The van der Waals surface area contributed by atoms with Crippen molar-refractivity contribution >= 4 is 23.1 Å². The highest BCUT2D eigenvalue weighted by molar-refractivity contribution is 7.80. The average Bonchev–Trinajstić information content (AvgIpc) is 2.48. The molecule has 0 aliphatic carbocycles. The summed E-state index contributed by atoms with van der Waals surface area (Å²) in [6.45, 7) is 2.93. The standard InChI is InChI=1S/C16H21N3OS/c17-16(21)13-4-2-1-3-11(13)9-19-8-7-14-12(10-19)5-6-15(20)18-14/h1-4,12,14H,5-10H2,(H2,17,21)(H,18,20). The van der Waals surface area contributed by atoms with Gasteiger partial charge >= 0.3 is 0 Å². The van der Waals surface area contributed by atoms with Crippen LogP contribution in [0.5, 0.6) is 0 Å². The summed E-state index contributed by atoms with van der Waals surface area (Å²) in [6, 6.07) is 8.47. The van der Waals surface area contributed by atoms with Gasteiger partial charge in [0.05, 0.1) is 0 Å². The molecule has 3 N–H and O–H groups in total. The third-order valence-corrected chi connectivity index (χ3v) is 4.80. The lowest BCUT2D eigenvalue weighted by molar-refractivity contribution is -0.125. The maximum absolute atomic E-state index is 11.5. The lowest BCUT2D eigenvalue weighted by Crippen LogP contribution is -2.53. The molecule has 0 saturated carbocycles. The van der Waals surface area contributed by atoms with Crippen LogP contribution in [0, 0.1) is 5.92 Å². The normalized spacial score (nSPS) is 26.0. The zero-order valence-corrected chi connectivity index (χ0v) is 12.9. The van der Waals surface area contributed by atoms with Crippen molar-refractivity contribution in [3.05, 3.63) is 35.4 Å². The summed E-state index contributed by atoms with van der Waals surface area (Å²) in [7, 11) is 0. The molecule has 21 heavy (non-hydrogen) atoms. The van der Waals surface area contributed by atoms with Crippen molar-refractivity contribution in [3.8, 4) is 0 Å². The van der Waals surface area contributed by atoms with E-state index in [1.54, 1.807) is 0 Å². The van der Waals surface area contributed by atoms with Gasteiger partial charge in [-0.1, -0.05) is 36.5 Å².